The molecule has 7 heteroatoms. The highest BCUT2D eigenvalue weighted by atomic mass is 16.5. The molecule has 1 aromatic heterocycles. The number of amides is 2. The normalized spacial score (nSPS) is 11.4. The van der Waals surface area contributed by atoms with Crippen LogP contribution in [-0.4, -0.2) is 17.8 Å². The Labute approximate surface area is 209 Å². The van der Waals surface area contributed by atoms with Crippen molar-refractivity contribution in [3.63, 3.8) is 0 Å². The predicted molar refractivity (Wildman–Crippen MR) is 137 cm³/mol. The number of furan rings is 1. The molecular formula is C29H26N2O5. The summed E-state index contributed by atoms with van der Waals surface area (Å²) in [6, 6.07) is 22.5. The summed E-state index contributed by atoms with van der Waals surface area (Å²) in [5, 5.41) is 5.63. The van der Waals surface area contributed by atoms with E-state index in [4.69, 9.17) is 9.15 Å². The Hall–Kier alpha value is -4.65. The lowest BCUT2D eigenvalue weighted by molar-refractivity contribution is -0.125. The highest BCUT2D eigenvalue weighted by molar-refractivity contribution is 6.04. The van der Waals surface area contributed by atoms with Gasteiger partial charge in [-0.15, -0.1) is 0 Å². The maximum atomic E-state index is 13.3. The van der Waals surface area contributed by atoms with E-state index >= 15 is 0 Å². The number of nitrogens with one attached hydrogen (secondary N) is 2. The summed E-state index contributed by atoms with van der Waals surface area (Å²) in [5.41, 5.74) is 4.44. The van der Waals surface area contributed by atoms with Gasteiger partial charge in [0.2, 0.25) is 6.10 Å². The van der Waals surface area contributed by atoms with Crippen LogP contribution in [-0.2, 0) is 9.53 Å². The van der Waals surface area contributed by atoms with Crippen molar-refractivity contribution in [2.75, 3.05) is 10.6 Å². The molecule has 0 saturated carbocycles. The first kappa shape index (κ1) is 24.5. The molecule has 1 unspecified atom stereocenters. The number of hydrogen-bond donors (Lipinski definition) is 2. The van der Waals surface area contributed by atoms with E-state index in [1.807, 2.05) is 38.1 Å². The van der Waals surface area contributed by atoms with Crippen molar-refractivity contribution in [1.29, 1.82) is 0 Å². The quantitative estimate of drug-likeness (QED) is 0.315. The van der Waals surface area contributed by atoms with Gasteiger partial charge < -0.3 is 19.8 Å². The maximum Gasteiger partial charge on any atom is 0.339 e. The van der Waals surface area contributed by atoms with Gasteiger partial charge in [0.1, 0.15) is 0 Å². The lowest BCUT2D eigenvalue weighted by Gasteiger charge is -2.19. The minimum atomic E-state index is -1.18. The molecule has 4 rings (SSSR count). The molecule has 1 heterocycles. The van der Waals surface area contributed by atoms with Gasteiger partial charge in [0, 0.05) is 16.9 Å². The first-order valence-electron chi connectivity index (χ1n) is 11.4. The third-order valence-electron chi connectivity index (χ3n) is 5.68. The number of hydrogen-bond acceptors (Lipinski definition) is 5. The maximum absolute atomic E-state index is 13.3. The molecular weight excluding hydrogens is 456 g/mol. The molecule has 3 aromatic carbocycles. The number of rotatable bonds is 7. The second-order valence-corrected chi connectivity index (χ2v) is 8.46. The van der Waals surface area contributed by atoms with Gasteiger partial charge in [-0.05, 0) is 67.8 Å². The second kappa shape index (κ2) is 10.7. The molecule has 0 aliphatic carbocycles. The van der Waals surface area contributed by atoms with Crippen LogP contribution >= 0.6 is 0 Å². The molecule has 0 fully saturated rings. The molecule has 0 spiro atoms. The van der Waals surface area contributed by atoms with Crippen LogP contribution in [0.2, 0.25) is 0 Å². The summed E-state index contributed by atoms with van der Waals surface area (Å²) in [7, 11) is 0. The number of carbonyl (C=O) groups excluding carboxylic acids is 3. The lowest BCUT2D eigenvalue weighted by atomic mass is 10.1. The van der Waals surface area contributed by atoms with Crippen molar-refractivity contribution >= 4 is 29.2 Å². The summed E-state index contributed by atoms with van der Waals surface area (Å²) >= 11 is 0. The highest BCUT2D eigenvalue weighted by Gasteiger charge is 2.26. The molecule has 0 aliphatic rings. The predicted octanol–water partition coefficient (Wildman–Crippen LogP) is 5.99. The highest BCUT2D eigenvalue weighted by Crippen LogP contribution is 2.25. The van der Waals surface area contributed by atoms with Crippen LogP contribution in [0.1, 0.15) is 49.3 Å². The summed E-state index contributed by atoms with van der Waals surface area (Å²) in [4.78, 5) is 38.8. The summed E-state index contributed by atoms with van der Waals surface area (Å²) in [6.45, 7) is 5.63. The fourth-order valence-corrected chi connectivity index (χ4v) is 3.62. The number of anilines is 2. The molecule has 0 bridgehead atoms. The zero-order valence-corrected chi connectivity index (χ0v) is 20.2. The van der Waals surface area contributed by atoms with Crippen molar-refractivity contribution in [2.45, 2.75) is 26.9 Å². The molecule has 2 N–H and O–H groups in total. The Bertz CT molecular complexity index is 1390. The van der Waals surface area contributed by atoms with E-state index in [1.54, 1.807) is 55.5 Å². The van der Waals surface area contributed by atoms with E-state index in [-0.39, 0.29) is 11.3 Å². The van der Waals surface area contributed by atoms with Crippen LogP contribution < -0.4 is 10.6 Å². The van der Waals surface area contributed by atoms with Crippen molar-refractivity contribution in [3.05, 3.63) is 119 Å². The van der Waals surface area contributed by atoms with E-state index in [1.165, 1.54) is 12.3 Å². The van der Waals surface area contributed by atoms with Crippen LogP contribution in [0.4, 0.5) is 11.4 Å². The number of esters is 1. The van der Waals surface area contributed by atoms with Crippen molar-refractivity contribution in [1.82, 2.24) is 0 Å². The molecule has 182 valence electrons. The summed E-state index contributed by atoms with van der Waals surface area (Å²) < 4.78 is 10.8. The van der Waals surface area contributed by atoms with Crippen LogP contribution in [0.5, 0.6) is 0 Å². The van der Waals surface area contributed by atoms with Gasteiger partial charge in [0.25, 0.3) is 11.8 Å². The number of ether oxygens (including phenoxy) is 1. The molecule has 7 nitrogen and oxygen atoms in total. The van der Waals surface area contributed by atoms with E-state index in [2.05, 4.69) is 10.6 Å². The third kappa shape index (κ3) is 5.70. The van der Waals surface area contributed by atoms with Gasteiger partial charge in [0.15, 0.2) is 5.76 Å². The standard InChI is InChI=1S/C29H26N2O5/c1-18-11-12-19(2)23(16-18)31-28(33)26(21-8-5-4-6-9-21)36-29(34)22-14-13-20(3)24(17-22)30-27(32)25-10-7-15-35-25/h4-17,26H,1-3H3,(H,30,32)(H,31,33). The van der Waals surface area contributed by atoms with Crippen LogP contribution in [0.25, 0.3) is 0 Å². The molecule has 0 saturated heterocycles. The van der Waals surface area contributed by atoms with E-state index in [0.717, 1.165) is 16.7 Å². The Kier molecular flexibility index (Phi) is 7.30. The number of benzene rings is 3. The van der Waals surface area contributed by atoms with Crippen LogP contribution in [0.15, 0.2) is 89.5 Å². The SMILES string of the molecule is Cc1ccc(C)c(NC(=O)C(OC(=O)c2ccc(C)c(NC(=O)c3ccco3)c2)c2ccccc2)c1. The molecule has 1 atom stereocenters. The third-order valence-corrected chi connectivity index (χ3v) is 5.68. The average Bonchev–Trinajstić information content (AvgIpc) is 3.42. The van der Waals surface area contributed by atoms with Crippen molar-refractivity contribution in [3.8, 4) is 0 Å². The van der Waals surface area contributed by atoms with Gasteiger partial charge >= 0.3 is 5.97 Å². The van der Waals surface area contributed by atoms with Gasteiger partial charge in [-0.2, -0.15) is 0 Å². The molecule has 2 amide bonds. The van der Waals surface area contributed by atoms with Gasteiger partial charge in [-0.1, -0.05) is 48.5 Å². The molecule has 0 radical (unpaired) electrons. The molecule has 0 aliphatic heterocycles. The first-order valence-corrected chi connectivity index (χ1v) is 11.4. The minimum Gasteiger partial charge on any atom is -0.459 e. The fourth-order valence-electron chi connectivity index (χ4n) is 3.62. The Morgan fingerprint density at radius 3 is 2.17 bits per heavy atom. The van der Waals surface area contributed by atoms with Crippen molar-refractivity contribution < 1.29 is 23.5 Å². The molecule has 4 aromatic rings. The summed E-state index contributed by atoms with van der Waals surface area (Å²) in [6.07, 6.45) is 0.226. The minimum absolute atomic E-state index is 0.148. The number of aryl methyl sites for hydroxylation is 3. The number of carbonyl (C=O) groups is 3. The Morgan fingerprint density at radius 1 is 0.778 bits per heavy atom. The van der Waals surface area contributed by atoms with E-state index in [0.29, 0.717) is 16.9 Å². The summed E-state index contributed by atoms with van der Waals surface area (Å²) in [5.74, 6) is -1.46. The zero-order valence-electron chi connectivity index (χ0n) is 20.2. The topological polar surface area (TPSA) is 97.6 Å². The zero-order chi connectivity index (χ0) is 25.7. The monoisotopic (exact) mass is 482 g/mol. The van der Waals surface area contributed by atoms with E-state index in [9.17, 15) is 14.4 Å². The lowest BCUT2D eigenvalue weighted by Crippen LogP contribution is -2.26. The van der Waals surface area contributed by atoms with Gasteiger partial charge in [-0.25, -0.2) is 4.79 Å². The van der Waals surface area contributed by atoms with Gasteiger partial charge in [-0.3, -0.25) is 9.59 Å². The smallest absolute Gasteiger partial charge is 0.339 e. The Balaban J connectivity index is 1.57. The average molecular weight is 483 g/mol. The molecule has 36 heavy (non-hydrogen) atoms. The van der Waals surface area contributed by atoms with Crippen LogP contribution in [0.3, 0.4) is 0 Å². The van der Waals surface area contributed by atoms with Gasteiger partial charge in [0.05, 0.1) is 11.8 Å². The first-order chi connectivity index (χ1) is 17.3. The fraction of sp³-hybridized carbons (Fsp3) is 0.138. The Morgan fingerprint density at radius 2 is 1.47 bits per heavy atom. The largest absolute Gasteiger partial charge is 0.459 e. The van der Waals surface area contributed by atoms with Crippen molar-refractivity contribution in [2.24, 2.45) is 0 Å². The second-order valence-electron chi connectivity index (χ2n) is 8.46. The van der Waals surface area contributed by atoms with E-state index < -0.39 is 23.9 Å². The van der Waals surface area contributed by atoms with Crippen LogP contribution in [0, 0.1) is 20.8 Å².